The largest absolute Gasteiger partial charge is 0.473 e. The smallest absolute Gasteiger partial charge is 0.180 e. The molecule has 10 aromatic heterocycles. The van der Waals surface area contributed by atoms with Crippen molar-refractivity contribution in [2.24, 2.45) is 0 Å². The molecule has 0 spiro atoms. The lowest BCUT2D eigenvalue weighted by atomic mass is 10.2. The number of benzene rings is 6. The van der Waals surface area contributed by atoms with Crippen LogP contribution in [-0.2, 0) is 0 Å². The van der Waals surface area contributed by atoms with Gasteiger partial charge in [0.25, 0.3) is 0 Å². The molecule has 648 valence electrons. The number of rotatable bonds is 0. The van der Waals surface area contributed by atoms with Crippen LogP contribution in [0.5, 0.6) is 0 Å². The molecule has 15 heteroatoms. The molecule has 0 unspecified atom stereocenters. The highest BCUT2D eigenvalue weighted by atomic mass is 32.1. The lowest BCUT2D eigenvalue weighted by molar-refractivity contribution is 0.558. The maximum Gasteiger partial charge on any atom is 0.180 e. The fraction of sp³-hybridized carbons (Fsp3) is 0.404. The minimum absolute atomic E-state index is 0.962. The summed E-state index contributed by atoms with van der Waals surface area (Å²) in [6.45, 7) is 80.0. The van der Waals surface area contributed by atoms with Crippen molar-refractivity contribution in [3.05, 3.63) is 285 Å². The first kappa shape index (κ1) is 137. The van der Waals surface area contributed by atoms with E-state index in [2.05, 4.69) is 163 Å². The molecule has 0 fully saturated rings. The maximum absolute atomic E-state index is 5.65. The van der Waals surface area contributed by atoms with E-state index in [1.165, 1.54) is 78.1 Å². The van der Waals surface area contributed by atoms with Gasteiger partial charge in [0.1, 0.15) is 30.1 Å². The Hall–Kier alpha value is -9.41. The molecular weight excluding hydrogens is 1460 g/mol. The molecule has 4 N–H and O–H groups in total. The van der Waals surface area contributed by atoms with Crippen LogP contribution in [0.25, 0.3) is 63.9 Å². The van der Waals surface area contributed by atoms with Crippen LogP contribution in [0.3, 0.4) is 0 Å². The zero-order valence-corrected chi connectivity index (χ0v) is 82.3. The molecule has 0 radical (unpaired) electrons. The number of aromatic nitrogens is 9. The number of H-pyrrole nitrogens is 4. The fourth-order valence-corrected chi connectivity index (χ4v) is 8.52. The highest BCUT2D eigenvalue weighted by Crippen LogP contribution is 2.33. The third kappa shape index (κ3) is 79.2. The number of furan rings is 2. The molecule has 6 aromatic carbocycles. The minimum atomic E-state index is 0.962. The van der Waals surface area contributed by atoms with Gasteiger partial charge in [-0.25, -0.2) is 15.0 Å². The second kappa shape index (κ2) is 139. The number of hydrogen-bond acceptors (Lipinski definition) is 11. The van der Waals surface area contributed by atoms with Gasteiger partial charge >= 0.3 is 0 Å². The number of aromatic amines is 4. The quantitative estimate of drug-likeness (QED) is 0.116. The third-order valence-electron chi connectivity index (χ3n) is 9.76. The molecular formula is C99H171N9O3S3. The second-order valence-electron chi connectivity index (χ2n) is 14.6. The van der Waals surface area contributed by atoms with Crippen molar-refractivity contribution in [3.8, 4) is 0 Å². The van der Waals surface area contributed by atoms with Crippen molar-refractivity contribution < 1.29 is 13.3 Å². The lowest BCUT2D eigenvalue weighted by Gasteiger charge is -1.88. The topological polar surface area (TPSA) is 167 Å². The summed E-state index contributed by atoms with van der Waals surface area (Å²) in [4.78, 5) is 23.5. The Balaban J connectivity index is -0.0000000788. The van der Waals surface area contributed by atoms with Crippen LogP contribution in [0.4, 0.5) is 0 Å². The average molecular weight is 1630 g/mol. The Bertz CT molecular complexity index is 2990. The number of imidazole rings is 1. The maximum atomic E-state index is 5.65. The molecule has 16 rings (SSSR count). The molecule has 0 aliphatic rings. The Labute approximate surface area is 713 Å². The van der Waals surface area contributed by atoms with Crippen LogP contribution in [0, 0.1) is 0 Å². The summed E-state index contributed by atoms with van der Waals surface area (Å²) in [5.41, 5.74) is 6.14. The first-order chi connectivity index (χ1) is 56.8. The van der Waals surface area contributed by atoms with E-state index in [-0.39, 0.29) is 0 Å². The number of nitrogens with one attached hydrogen (secondary N) is 4. The first-order valence-corrected chi connectivity index (χ1v) is 45.6. The average Bonchev–Trinajstić information content (AvgIpc) is 1.67. The Morgan fingerprint density at radius 2 is 0.649 bits per heavy atom. The molecule has 114 heavy (non-hydrogen) atoms. The standard InChI is InChI=1S/C12H9N.C12H8O.C12H8S.C4H5N.C4H4O.C4H4S.C3H4N2.C3H3NO.C3H3NS.C2H3N3.20C2H6/c3*1-3-7-11-9(5-1)10-6-2-4-8-12(10)13-11;3*1-2-4-5-3-1;3*1-2-5-3-4-1;1-3-2-5-4-1;20*1-2/h1-8,13H;2*1-8H;1-5H;2*1-4H;1-3H,(H,4,5);2*1-3H;1-2H,(H,3,4,5);20*1-2H3. The molecule has 0 bridgehead atoms. The molecule has 0 aliphatic heterocycles. The van der Waals surface area contributed by atoms with Crippen molar-refractivity contribution in [3.63, 3.8) is 0 Å². The number of thiophene rings is 2. The van der Waals surface area contributed by atoms with E-state index in [1.807, 2.05) is 390 Å². The van der Waals surface area contributed by atoms with Crippen molar-refractivity contribution in [1.29, 1.82) is 0 Å². The number of para-hydroxylation sites is 4. The number of oxazole rings is 1. The van der Waals surface area contributed by atoms with Crippen molar-refractivity contribution in [2.75, 3.05) is 0 Å². The summed E-state index contributed by atoms with van der Waals surface area (Å²) >= 11 is 5.18. The van der Waals surface area contributed by atoms with Crippen LogP contribution in [-0.4, -0.2) is 45.1 Å². The van der Waals surface area contributed by atoms with Gasteiger partial charge < -0.3 is 28.2 Å². The van der Waals surface area contributed by atoms with Crippen molar-refractivity contribution >= 4 is 97.9 Å². The van der Waals surface area contributed by atoms with Gasteiger partial charge in [0, 0.05) is 89.1 Å². The molecule has 10 heterocycles. The van der Waals surface area contributed by atoms with Crippen LogP contribution < -0.4 is 0 Å². The number of nitrogens with zero attached hydrogens (tertiary/aromatic N) is 5. The Kier molecular flexibility index (Phi) is 167. The highest BCUT2D eigenvalue weighted by Gasteiger charge is 2.04. The third-order valence-corrected chi connectivity index (χ3v) is 12.1. The van der Waals surface area contributed by atoms with Gasteiger partial charge in [-0.1, -0.05) is 398 Å². The molecule has 0 saturated carbocycles. The normalized spacial score (nSPS) is 7.30. The SMILES string of the molecule is CC.CC.CC.CC.CC.CC.CC.CC.CC.CC.CC.CC.CC.CC.CC.CC.CC.CC.CC.CC.c1c[nH]cn1.c1cc[nH]c1.c1ccc2c(c1)[nH]c1ccccc12.c1ccc2c(c1)oc1ccccc12.c1ccc2c(c1)sc1ccccc12.c1ccoc1.c1ccsc1.c1cocn1.c1cscn1.c1nc[nH]n1. The van der Waals surface area contributed by atoms with Gasteiger partial charge in [-0.15, -0.1) is 22.7 Å². The Morgan fingerprint density at radius 1 is 0.272 bits per heavy atom. The molecule has 16 aromatic rings. The minimum Gasteiger partial charge on any atom is -0.473 e. The van der Waals surface area contributed by atoms with E-state index in [0.717, 1.165) is 11.2 Å². The van der Waals surface area contributed by atoms with Gasteiger partial charge in [-0.3, -0.25) is 10.1 Å². The summed E-state index contributed by atoms with van der Waals surface area (Å²) in [5.74, 6) is 0. The zero-order chi connectivity index (χ0) is 90.8. The molecule has 0 aliphatic carbocycles. The number of fused-ring (bicyclic) bond motifs is 9. The summed E-state index contributed by atoms with van der Waals surface area (Å²) in [5, 5.41) is 19.7. The zero-order valence-electron chi connectivity index (χ0n) is 79.8. The van der Waals surface area contributed by atoms with E-state index in [1.54, 1.807) is 71.8 Å². The van der Waals surface area contributed by atoms with E-state index in [9.17, 15) is 0 Å². The molecule has 12 nitrogen and oxygen atoms in total. The van der Waals surface area contributed by atoms with E-state index in [0.29, 0.717) is 0 Å². The van der Waals surface area contributed by atoms with Crippen LogP contribution in [0.2, 0.25) is 0 Å². The summed E-state index contributed by atoms with van der Waals surface area (Å²) in [6.07, 6.45) is 21.3. The van der Waals surface area contributed by atoms with Gasteiger partial charge in [0.15, 0.2) is 6.39 Å². The predicted molar refractivity (Wildman–Crippen MR) is 533 cm³/mol. The second-order valence-corrected chi connectivity index (χ2v) is 17.3. The monoisotopic (exact) mass is 1630 g/mol. The predicted octanol–water partition coefficient (Wildman–Crippen LogP) is 37.6. The number of thiazole rings is 1. The highest BCUT2D eigenvalue weighted by molar-refractivity contribution is 7.25. The van der Waals surface area contributed by atoms with Gasteiger partial charge in [-0.05, 0) is 71.4 Å². The summed E-state index contributed by atoms with van der Waals surface area (Å²) < 4.78 is 17.5. The number of hydrogen-bond donors (Lipinski definition) is 4. The van der Waals surface area contributed by atoms with E-state index < -0.39 is 0 Å². The van der Waals surface area contributed by atoms with Gasteiger partial charge in [0.05, 0.1) is 30.6 Å². The van der Waals surface area contributed by atoms with Crippen molar-refractivity contribution in [2.45, 2.75) is 277 Å². The molecule has 0 atom stereocenters. The van der Waals surface area contributed by atoms with Crippen LogP contribution in [0.15, 0.2) is 298 Å². The fourth-order valence-electron chi connectivity index (χ4n) is 6.61. The molecule has 0 amide bonds. The van der Waals surface area contributed by atoms with Crippen LogP contribution in [0.1, 0.15) is 277 Å². The lowest BCUT2D eigenvalue weighted by Crippen LogP contribution is -1.62. The van der Waals surface area contributed by atoms with Crippen molar-refractivity contribution in [1.82, 2.24) is 45.1 Å². The summed E-state index contributed by atoms with van der Waals surface area (Å²) in [6, 6.07) is 61.7. The van der Waals surface area contributed by atoms with Gasteiger partial charge in [-0.2, -0.15) is 16.4 Å². The summed E-state index contributed by atoms with van der Waals surface area (Å²) in [7, 11) is 0. The van der Waals surface area contributed by atoms with Gasteiger partial charge in [0.2, 0.25) is 0 Å². The first-order valence-electron chi connectivity index (χ1n) is 42.9. The molecule has 0 saturated heterocycles. The van der Waals surface area contributed by atoms with Crippen LogP contribution >= 0.6 is 34.0 Å². The van der Waals surface area contributed by atoms with E-state index >= 15 is 0 Å². The Morgan fingerprint density at radius 3 is 0.877 bits per heavy atom. The van der Waals surface area contributed by atoms with E-state index in [4.69, 9.17) is 4.42 Å².